The molecule has 0 aliphatic carbocycles. The molecule has 0 aliphatic rings. The summed E-state index contributed by atoms with van der Waals surface area (Å²) < 4.78 is 0. The quantitative estimate of drug-likeness (QED) is 0.195. The Hall–Kier alpha value is -2.99. The summed E-state index contributed by atoms with van der Waals surface area (Å²) in [5.74, 6) is -3.17. The Morgan fingerprint density at radius 1 is 1.17 bits per heavy atom. The molecule has 12 nitrogen and oxygen atoms in total. The van der Waals surface area contributed by atoms with Crippen LogP contribution in [0.3, 0.4) is 0 Å². The predicted octanol–water partition coefficient (Wildman–Crippen LogP) is -2.51. The minimum Gasteiger partial charge on any atom is -0.480 e. The summed E-state index contributed by atoms with van der Waals surface area (Å²) in [5, 5.41) is 25.0. The lowest BCUT2D eigenvalue weighted by Crippen LogP contribution is -2.55. The number of rotatable bonds is 12. The monoisotopic (exact) mass is 412 g/mol. The largest absolute Gasteiger partial charge is 0.480 e. The SMILES string of the molecule is CC(C)CC(N)C(=O)NCC(=O)NC(Cc1cnc[nH]1)C(=O)NC(CO)C(=O)O. The Morgan fingerprint density at radius 3 is 2.38 bits per heavy atom. The fraction of sp³-hybridized carbons (Fsp3) is 0.588. The Labute approximate surface area is 167 Å². The number of hydrogen-bond donors (Lipinski definition) is 7. The van der Waals surface area contributed by atoms with Crippen molar-refractivity contribution in [2.45, 2.75) is 44.8 Å². The highest BCUT2D eigenvalue weighted by molar-refractivity contribution is 5.92. The van der Waals surface area contributed by atoms with E-state index in [0.29, 0.717) is 12.1 Å². The van der Waals surface area contributed by atoms with E-state index >= 15 is 0 Å². The van der Waals surface area contributed by atoms with Crippen LogP contribution >= 0.6 is 0 Å². The smallest absolute Gasteiger partial charge is 0.328 e. The Morgan fingerprint density at radius 2 is 1.86 bits per heavy atom. The van der Waals surface area contributed by atoms with Crippen molar-refractivity contribution in [3.8, 4) is 0 Å². The highest BCUT2D eigenvalue weighted by Gasteiger charge is 2.27. The number of carboxylic acid groups (broad SMARTS) is 1. The number of aliphatic hydroxyl groups excluding tert-OH is 1. The number of hydrogen-bond acceptors (Lipinski definition) is 7. The van der Waals surface area contributed by atoms with Crippen LogP contribution in [0.15, 0.2) is 12.5 Å². The summed E-state index contributed by atoms with van der Waals surface area (Å²) in [6.45, 7) is 2.61. The van der Waals surface area contributed by atoms with Gasteiger partial charge in [-0.3, -0.25) is 14.4 Å². The summed E-state index contributed by atoms with van der Waals surface area (Å²) in [7, 11) is 0. The summed E-state index contributed by atoms with van der Waals surface area (Å²) in [4.78, 5) is 54.1. The van der Waals surface area contributed by atoms with E-state index in [1.165, 1.54) is 12.5 Å². The van der Waals surface area contributed by atoms with Gasteiger partial charge in [0.1, 0.15) is 12.1 Å². The fourth-order valence-corrected chi connectivity index (χ4v) is 2.44. The van der Waals surface area contributed by atoms with Crippen LogP contribution < -0.4 is 21.7 Å². The zero-order valence-corrected chi connectivity index (χ0v) is 16.3. The molecular weight excluding hydrogens is 384 g/mol. The molecule has 0 aliphatic heterocycles. The second-order valence-corrected chi connectivity index (χ2v) is 6.94. The molecule has 0 spiro atoms. The molecule has 1 rings (SSSR count). The lowest BCUT2D eigenvalue weighted by molar-refractivity contribution is -0.143. The van der Waals surface area contributed by atoms with E-state index in [1.807, 2.05) is 13.8 Å². The molecule has 0 fully saturated rings. The van der Waals surface area contributed by atoms with Crippen molar-refractivity contribution in [3.63, 3.8) is 0 Å². The van der Waals surface area contributed by atoms with Crippen LogP contribution in [-0.4, -0.2) is 75.1 Å². The van der Waals surface area contributed by atoms with E-state index in [9.17, 15) is 19.2 Å². The number of nitrogens with two attached hydrogens (primary N) is 1. The average Bonchev–Trinajstić information content (AvgIpc) is 3.15. The number of nitrogens with one attached hydrogen (secondary N) is 4. The van der Waals surface area contributed by atoms with Crippen molar-refractivity contribution >= 4 is 23.7 Å². The second kappa shape index (κ2) is 11.8. The van der Waals surface area contributed by atoms with Crippen LogP contribution in [0.4, 0.5) is 0 Å². The van der Waals surface area contributed by atoms with Crippen LogP contribution in [-0.2, 0) is 25.6 Å². The number of nitrogens with zero attached hydrogens (tertiary/aromatic N) is 1. The standard InChI is InChI=1S/C17H28N6O6/c1-9(2)3-11(18)15(26)20-6-14(25)22-12(4-10-5-19-8-21-10)16(27)23-13(7-24)17(28)29/h5,8-9,11-13,24H,3-4,6-7,18H2,1-2H3,(H,19,21)(H,20,26)(H,22,25)(H,23,27)(H,28,29). The van der Waals surface area contributed by atoms with Crippen molar-refractivity contribution in [1.82, 2.24) is 25.9 Å². The van der Waals surface area contributed by atoms with Gasteiger partial charge in [-0.1, -0.05) is 13.8 Å². The van der Waals surface area contributed by atoms with Gasteiger partial charge in [0, 0.05) is 18.3 Å². The molecule has 162 valence electrons. The van der Waals surface area contributed by atoms with Crippen LogP contribution in [0.1, 0.15) is 26.0 Å². The van der Waals surface area contributed by atoms with E-state index in [2.05, 4.69) is 25.9 Å². The Kier molecular flexibility index (Phi) is 9.75. The normalized spacial score (nSPS) is 14.0. The number of aromatic amines is 1. The number of aliphatic hydroxyl groups is 1. The third kappa shape index (κ3) is 8.70. The molecule has 8 N–H and O–H groups in total. The molecule has 0 aromatic carbocycles. The minimum atomic E-state index is -1.52. The maximum absolute atomic E-state index is 12.4. The van der Waals surface area contributed by atoms with Gasteiger partial charge in [0.15, 0.2) is 0 Å². The first-order valence-corrected chi connectivity index (χ1v) is 9.08. The van der Waals surface area contributed by atoms with Gasteiger partial charge in [-0.25, -0.2) is 9.78 Å². The second-order valence-electron chi connectivity index (χ2n) is 6.94. The van der Waals surface area contributed by atoms with Crippen molar-refractivity contribution in [2.75, 3.05) is 13.2 Å². The maximum atomic E-state index is 12.4. The molecule has 0 saturated carbocycles. The molecule has 1 aromatic heterocycles. The molecule has 29 heavy (non-hydrogen) atoms. The number of aliphatic carboxylic acids is 1. The topological polar surface area (TPSA) is 200 Å². The van der Waals surface area contributed by atoms with Crippen molar-refractivity contribution in [2.24, 2.45) is 11.7 Å². The van der Waals surface area contributed by atoms with Gasteiger partial charge in [-0.15, -0.1) is 0 Å². The van der Waals surface area contributed by atoms with E-state index in [1.54, 1.807) is 0 Å². The van der Waals surface area contributed by atoms with Gasteiger partial charge in [0.2, 0.25) is 17.7 Å². The number of aromatic nitrogens is 2. The summed E-state index contributed by atoms with van der Waals surface area (Å²) in [6, 6.07) is -3.43. The van der Waals surface area contributed by atoms with Crippen molar-refractivity contribution in [1.29, 1.82) is 0 Å². The van der Waals surface area contributed by atoms with Gasteiger partial charge in [-0.2, -0.15) is 0 Å². The highest BCUT2D eigenvalue weighted by Crippen LogP contribution is 2.03. The van der Waals surface area contributed by atoms with Gasteiger partial charge in [-0.05, 0) is 12.3 Å². The molecule has 12 heteroatoms. The fourth-order valence-electron chi connectivity index (χ4n) is 2.44. The molecule has 3 atom stereocenters. The molecule has 0 bridgehead atoms. The number of carboxylic acids is 1. The van der Waals surface area contributed by atoms with Crippen molar-refractivity contribution in [3.05, 3.63) is 18.2 Å². The molecule has 0 radical (unpaired) electrons. The molecule has 1 aromatic rings. The van der Waals surface area contributed by atoms with Crippen LogP contribution in [0.2, 0.25) is 0 Å². The minimum absolute atomic E-state index is 0.00382. The zero-order valence-electron chi connectivity index (χ0n) is 16.3. The number of carbonyl (C=O) groups excluding carboxylic acids is 3. The Balaban J connectivity index is 2.70. The highest BCUT2D eigenvalue weighted by atomic mass is 16.4. The third-order valence-corrected chi connectivity index (χ3v) is 3.91. The van der Waals surface area contributed by atoms with Gasteiger partial charge in [0.25, 0.3) is 0 Å². The van der Waals surface area contributed by atoms with Crippen LogP contribution in [0, 0.1) is 5.92 Å². The first kappa shape index (κ1) is 24.0. The van der Waals surface area contributed by atoms with Crippen LogP contribution in [0.25, 0.3) is 0 Å². The molecule has 0 saturated heterocycles. The van der Waals surface area contributed by atoms with E-state index < -0.39 is 55.0 Å². The summed E-state index contributed by atoms with van der Waals surface area (Å²) >= 11 is 0. The lowest BCUT2D eigenvalue weighted by atomic mass is 10.0. The van der Waals surface area contributed by atoms with Gasteiger partial charge in [0.05, 0.1) is 25.5 Å². The molecule has 1 heterocycles. The van der Waals surface area contributed by atoms with Crippen LogP contribution in [0.5, 0.6) is 0 Å². The summed E-state index contributed by atoms with van der Waals surface area (Å²) in [5.41, 5.74) is 6.26. The number of H-pyrrole nitrogens is 1. The molecule has 3 amide bonds. The average molecular weight is 412 g/mol. The van der Waals surface area contributed by atoms with Gasteiger partial charge < -0.3 is 36.9 Å². The maximum Gasteiger partial charge on any atom is 0.328 e. The van der Waals surface area contributed by atoms with E-state index in [-0.39, 0.29) is 12.3 Å². The van der Waals surface area contributed by atoms with E-state index in [0.717, 1.165) is 0 Å². The third-order valence-electron chi connectivity index (χ3n) is 3.91. The zero-order chi connectivity index (χ0) is 22.0. The number of amides is 3. The predicted molar refractivity (Wildman–Crippen MR) is 101 cm³/mol. The lowest BCUT2D eigenvalue weighted by Gasteiger charge is -2.20. The molecular formula is C17H28N6O6. The molecule has 3 unspecified atom stereocenters. The summed E-state index contributed by atoms with van der Waals surface area (Å²) in [6.07, 6.45) is 3.28. The van der Waals surface area contributed by atoms with E-state index in [4.69, 9.17) is 15.9 Å². The van der Waals surface area contributed by atoms with Gasteiger partial charge >= 0.3 is 5.97 Å². The number of carbonyl (C=O) groups is 4. The number of imidazole rings is 1. The Bertz CT molecular complexity index is 693. The first-order valence-electron chi connectivity index (χ1n) is 9.08. The first-order chi connectivity index (χ1) is 13.6. The van der Waals surface area contributed by atoms with Crippen molar-refractivity contribution < 1.29 is 29.4 Å².